The maximum absolute atomic E-state index is 5.62. The van der Waals surface area contributed by atoms with Crippen molar-refractivity contribution in [2.75, 3.05) is 27.3 Å². The van der Waals surface area contributed by atoms with Gasteiger partial charge in [-0.05, 0) is 52.9 Å². The van der Waals surface area contributed by atoms with Crippen molar-refractivity contribution < 1.29 is 9.47 Å². The third kappa shape index (κ3) is 6.68. The first-order valence-corrected chi connectivity index (χ1v) is 9.38. The zero-order valence-corrected chi connectivity index (χ0v) is 18.9. The van der Waals surface area contributed by atoms with Crippen LogP contribution in [0.2, 0.25) is 0 Å². The molecule has 1 aromatic carbocycles. The summed E-state index contributed by atoms with van der Waals surface area (Å²) in [5.74, 6) is 2.74. The van der Waals surface area contributed by atoms with Crippen molar-refractivity contribution in [1.82, 2.24) is 10.6 Å². The quantitative estimate of drug-likeness (QED) is 0.331. The van der Waals surface area contributed by atoms with Gasteiger partial charge in [-0.3, -0.25) is 4.99 Å². The Bertz CT molecular complexity index is 677. The Balaban J connectivity index is 0.00000338. The molecule has 144 valence electrons. The van der Waals surface area contributed by atoms with Gasteiger partial charge in [0.1, 0.15) is 0 Å². The Kier molecular flexibility index (Phi) is 10.4. The van der Waals surface area contributed by atoms with E-state index in [9.17, 15) is 0 Å². The largest absolute Gasteiger partial charge is 0.493 e. The third-order valence-corrected chi connectivity index (χ3v) is 4.60. The summed E-state index contributed by atoms with van der Waals surface area (Å²) in [6, 6.07) is 8.11. The SMILES string of the molecule is CCOc1cc(CNC(=NC)NCC(C)c2ccsc2)ccc1OC.I. The summed E-state index contributed by atoms with van der Waals surface area (Å²) in [6.45, 7) is 6.28. The summed E-state index contributed by atoms with van der Waals surface area (Å²) in [6.07, 6.45) is 0. The molecule has 5 nitrogen and oxygen atoms in total. The summed E-state index contributed by atoms with van der Waals surface area (Å²) in [5.41, 5.74) is 2.46. The number of methoxy groups -OCH3 is 1. The maximum Gasteiger partial charge on any atom is 0.191 e. The average molecular weight is 489 g/mol. The topological polar surface area (TPSA) is 54.9 Å². The lowest BCUT2D eigenvalue weighted by Gasteiger charge is -2.16. The highest BCUT2D eigenvalue weighted by Gasteiger charge is 2.08. The Hall–Kier alpha value is -1.48. The molecular formula is C19H28IN3O2S. The van der Waals surface area contributed by atoms with Crippen LogP contribution in [0.25, 0.3) is 0 Å². The molecular weight excluding hydrogens is 461 g/mol. The molecule has 7 heteroatoms. The monoisotopic (exact) mass is 489 g/mol. The van der Waals surface area contributed by atoms with E-state index in [1.807, 2.05) is 25.1 Å². The molecule has 1 unspecified atom stereocenters. The average Bonchev–Trinajstić information content (AvgIpc) is 3.17. The number of benzene rings is 1. The minimum Gasteiger partial charge on any atom is -0.493 e. The van der Waals surface area contributed by atoms with Gasteiger partial charge in [-0.1, -0.05) is 13.0 Å². The molecule has 0 aliphatic heterocycles. The molecule has 26 heavy (non-hydrogen) atoms. The second kappa shape index (κ2) is 12.0. The van der Waals surface area contributed by atoms with Crippen LogP contribution in [0.15, 0.2) is 40.0 Å². The van der Waals surface area contributed by atoms with Crippen LogP contribution in [0.3, 0.4) is 0 Å². The lowest BCUT2D eigenvalue weighted by atomic mass is 10.1. The molecule has 1 atom stereocenters. The van der Waals surface area contributed by atoms with Crippen LogP contribution in [0.5, 0.6) is 11.5 Å². The van der Waals surface area contributed by atoms with Gasteiger partial charge in [-0.2, -0.15) is 11.3 Å². The molecule has 0 bridgehead atoms. The predicted octanol–water partition coefficient (Wildman–Crippen LogP) is 4.24. The van der Waals surface area contributed by atoms with Crippen LogP contribution in [-0.4, -0.2) is 33.3 Å². The number of halogens is 1. The van der Waals surface area contributed by atoms with Gasteiger partial charge in [0.2, 0.25) is 0 Å². The Morgan fingerprint density at radius 3 is 2.65 bits per heavy atom. The van der Waals surface area contributed by atoms with Gasteiger partial charge < -0.3 is 20.1 Å². The summed E-state index contributed by atoms with van der Waals surface area (Å²) < 4.78 is 10.9. The number of hydrogen-bond donors (Lipinski definition) is 2. The molecule has 0 fully saturated rings. The molecule has 0 amide bonds. The van der Waals surface area contributed by atoms with Gasteiger partial charge in [0.05, 0.1) is 13.7 Å². The maximum atomic E-state index is 5.62. The van der Waals surface area contributed by atoms with Gasteiger partial charge in [0.15, 0.2) is 17.5 Å². The first-order valence-electron chi connectivity index (χ1n) is 8.44. The van der Waals surface area contributed by atoms with E-state index in [1.165, 1.54) is 5.56 Å². The molecule has 0 aliphatic rings. The molecule has 1 heterocycles. The van der Waals surface area contributed by atoms with Crippen LogP contribution in [0, 0.1) is 0 Å². The first kappa shape index (κ1) is 22.6. The lowest BCUT2D eigenvalue weighted by Crippen LogP contribution is -2.38. The van der Waals surface area contributed by atoms with E-state index in [1.54, 1.807) is 25.5 Å². The van der Waals surface area contributed by atoms with Crippen molar-refractivity contribution in [2.24, 2.45) is 4.99 Å². The minimum absolute atomic E-state index is 0. The van der Waals surface area contributed by atoms with E-state index in [2.05, 4.69) is 39.4 Å². The second-order valence-corrected chi connectivity index (χ2v) is 6.46. The fourth-order valence-corrected chi connectivity index (χ4v) is 3.21. The van der Waals surface area contributed by atoms with Crippen LogP contribution in [0.4, 0.5) is 0 Å². The fourth-order valence-electron chi connectivity index (χ4n) is 2.43. The van der Waals surface area contributed by atoms with Crippen LogP contribution in [0.1, 0.15) is 30.9 Å². The van der Waals surface area contributed by atoms with Crippen LogP contribution in [-0.2, 0) is 6.54 Å². The van der Waals surface area contributed by atoms with Gasteiger partial charge in [0, 0.05) is 20.1 Å². The van der Waals surface area contributed by atoms with Gasteiger partial charge in [-0.15, -0.1) is 24.0 Å². The number of thiophene rings is 1. The van der Waals surface area contributed by atoms with Crippen LogP contribution < -0.4 is 20.1 Å². The van der Waals surface area contributed by atoms with E-state index in [0.29, 0.717) is 19.1 Å². The third-order valence-electron chi connectivity index (χ3n) is 3.90. The van der Waals surface area contributed by atoms with Gasteiger partial charge in [0.25, 0.3) is 0 Å². The van der Waals surface area contributed by atoms with Crippen molar-refractivity contribution in [2.45, 2.75) is 26.3 Å². The number of aliphatic imine (C=N–C) groups is 1. The summed E-state index contributed by atoms with van der Waals surface area (Å²) in [7, 11) is 3.43. The van der Waals surface area contributed by atoms with Crippen molar-refractivity contribution in [3.8, 4) is 11.5 Å². The first-order chi connectivity index (χ1) is 12.2. The van der Waals surface area contributed by atoms with Gasteiger partial charge >= 0.3 is 0 Å². The normalized spacial score (nSPS) is 12.1. The summed E-state index contributed by atoms with van der Waals surface area (Å²) in [4.78, 5) is 4.29. The second-order valence-electron chi connectivity index (χ2n) is 5.68. The lowest BCUT2D eigenvalue weighted by molar-refractivity contribution is 0.310. The number of nitrogens with zero attached hydrogens (tertiary/aromatic N) is 1. The molecule has 2 rings (SSSR count). The number of nitrogens with one attached hydrogen (secondary N) is 2. The Labute approximate surface area is 177 Å². The molecule has 0 aliphatic carbocycles. The smallest absolute Gasteiger partial charge is 0.191 e. The zero-order valence-electron chi connectivity index (χ0n) is 15.7. The van der Waals surface area contributed by atoms with Crippen molar-refractivity contribution in [3.63, 3.8) is 0 Å². The molecule has 0 spiro atoms. The molecule has 0 radical (unpaired) electrons. The van der Waals surface area contributed by atoms with Crippen molar-refractivity contribution in [3.05, 3.63) is 46.2 Å². The molecule has 1 aromatic heterocycles. The number of ether oxygens (including phenoxy) is 2. The summed E-state index contributed by atoms with van der Waals surface area (Å²) in [5, 5.41) is 11.0. The molecule has 2 N–H and O–H groups in total. The summed E-state index contributed by atoms with van der Waals surface area (Å²) >= 11 is 1.73. The van der Waals surface area contributed by atoms with E-state index in [4.69, 9.17) is 9.47 Å². The molecule has 2 aromatic rings. The fraction of sp³-hybridized carbons (Fsp3) is 0.421. The number of rotatable bonds is 8. The highest BCUT2D eigenvalue weighted by Crippen LogP contribution is 2.28. The van der Waals surface area contributed by atoms with E-state index < -0.39 is 0 Å². The van der Waals surface area contributed by atoms with Crippen molar-refractivity contribution in [1.29, 1.82) is 0 Å². The molecule has 0 saturated heterocycles. The Morgan fingerprint density at radius 1 is 1.23 bits per heavy atom. The minimum atomic E-state index is 0. The zero-order chi connectivity index (χ0) is 18.1. The van der Waals surface area contributed by atoms with E-state index in [0.717, 1.165) is 29.6 Å². The number of hydrogen-bond acceptors (Lipinski definition) is 4. The van der Waals surface area contributed by atoms with E-state index in [-0.39, 0.29) is 24.0 Å². The van der Waals surface area contributed by atoms with Crippen molar-refractivity contribution >= 4 is 41.3 Å². The Morgan fingerprint density at radius 2 is 2.04 bits per heavy atom. The predicted molar refractivity (Wildman–Crippen MR) is 121 cm³/mol. The van der Waals surface area contributed by atoms with Crippen LogP contribution >= 0.6 is 35.3 Å². The highest BCUT2D eigenvalue weighted by atomic mass is 127. The number of guanidine groups is 1. The molecule has 0 saturated carbocycles. The highest BCUT2D eigenvalue weighted by molar-refractivity contribution is 14.0. The standard InChI is InChI=1S/C19H27N3O2S.HI/c1-5-24-18-10-15(6-7-17(18)23-4)12-22-19(20-3)21-11-14(2)16-8-9-25-13-16;/h6-10,13-14H,5,11-12H2,1-4H3,(H2,20,21,22);1H. The van der Waals surface area contributed by atoms with E-state index >= 15 is 0 Å². The van der Waals surface area contributed by atoms with Gasteiger partial charge in [-0.25, -0.2) is 0 Å².